The van der Waals surface area contributed by atoms with Gasteiger partial charge in [-0.25, -0.2) is 0 Å². The first kappa shape index (κ1) is 85.2. The molecular formula is C74H137NO18. The third kappa shape index (κ3) is 37.1. The van der Waals surface area contributed by atoms with Gasteiger partial charge in [-0.05, 0) is 44.9 Å². The van der Waals surface area contributed by atoms with Gasteiger partial charge in [0.25, 0.3) is 0 Å². The van der Waals surface area contributed by atoms with Crippen LogP contribution in [-0.4, -0.2) is 193 Å². The molecule has 17 unspecified atom stereocenters. The van der Waals surface area contributed by atoms with E-state index >= 15 is 0 Å². The zero-order valence-electron chi connectivity index (χ0n) is 58.0. The van der Waals surface area contributed by atoms with Crippen LogP contribution in [0.25, 0.3) is 0 Å². The van der Waals surface area contributed by atoms with E-state index in [-0.39, 0.29) is 18.9 Å². The molecular weight excluding hydrogens is 1190 g/mol. The zero-order valence-corrected chi connectivity index (χ0v) is 58.0. The summed E-state index contributed by atoms with van der Waals surface area (Å²) >= 11 is 0. The number of carbonyl (C=O) groups is 1. The van der Waals surface area contributed by atoms with Crippen LogP contribution in [0.5, 0.6) is 0 Å². The normalized spacial score (nSPS) is 27.7. The number of hydrogen-bond donors (Lipinski definition) is 12. The minimum Gasteiger partial charge on any atom is -0.394 e. The number of rotatable bonds is 59. The molecule has 0 aliphatic carbocycles. The number of aliphatic hydroxyl groups is 11. The minimum absolute atomic E-state index is 0.235. The summed E-state index contributed by atoms with van der Waals surface area (Å²) in [7, 11) is 0. The molecule has 0 aromatic rings. The number of carbonyl (C=O) groups excluding carboxylic acids is 1. The Morgan fingerprint density at radius 2 is 0.688 bits per heavy atom. The van der Waals surface area contributed by atoms with E-state index in [2.05, 4.69) is 43.5 Å². The average Bonchev–Trinajstić information content (AvgIpc) is 0.829. The van der Waals surface area contributed by atoms with E-state index in [0.717, 1.165) is 44.9 Å². The lowest BCUT2D eigenvalue weighted by atomic mass is 9.96. The highest BCUT2D eigenvalue weighted by Crippen LogP contribution is 2.33. The Hall–Kier alpha value is -1.99. The summed E-state index contributed by atoms with van der Waals surface area (Å²) in [6.07, 6.45) is 40.1. The molecule has 0 radical (unpaired) electrons. The molecule has 19 heteroatoms. The highest BCUT2D eigenvalue weighted by molar-refractivity contribution is 5.76. The lowest BCUT2D eigenvalue weighted by Gasteiger charge is -2.48. The highest BCUT2D eigenvalue weighted by atomic mass is 16.8. The van der Waals surface area contributed by atoms with E-state index in [1.54, 1.807) is 6.08 Å². The number of allylic oxidation sites excluding steroid dienone is 5. The molecule has 0 aromatic carbocycles. The average molecular weight is 1330 g/mol. The predicted octanol–water partition coefficient (Wildman–Crippen LogP) is 11.2. The van der Waals surface area contributed by atoms with Crippen molar-refractivity contribution in [3.63, 3.8) is 0 Å². The highest BCUT2D eigenvalue weighted by Gasteiger charge is 2.53. The van der Waals surface area contributed by atoms with Gasteiger partial charge in [0.2, 0.25) is 5.91 Å². The van der Waals surface area contributed by atoms with Crippen LogP contribution >= 0.6 is 0 Å². The van der Waals surface area contributed by atoms with Crippen molar-refractivity contribution in [2.75, 3.05) is 26.4 Å². The van der Waals surface area contributed by atoms with Gasteiger partial charge >= 0.3 is 0 Å². The van der Waals surface area contributed by atoms with Gasteiger partial charge in [-0.15, -0.1) is 0 Å². The second-order valence-corrected chi connectivity index (χ2v) is 27.1. The number of ether oxygens (including phenoxy) is 6. The van der Waals surface area contributed by atoms with Crippen molar-refractivity contribution < 1.29 is 89.4 Å². The summed E-state index contributed by atoms with van der Waals surface area (Å²) in [5, 5.41) is 121. The molecule has 3 aliphatic rings. The van der Waals surface area contributed by atoms with E-state index in [9.17, 15) is 61.0 Å². The fourth-order valence-electron chi connectivity index (χ4n) is 12.8. The van der Waals surface area contributed by atoms with Crippen LogP contribution in [0.3, 0.4) is 0 Å². The maximum absolute atomic E-state index is 13.4. The zero-order chi connectivity index (χ0) is 67.5. The quantitative estimate of drug-likeness (QED) is 0.0199. The summed E-state index contributed by atoms with van der Waals surface area (Å²) in [5.41, 5.74) is 0. The second kappa shape index (κ2) is 55.8. The molecule has 12 N–H and O–H groups in total. The van der Waals surface area contributed by atoms with Gasteiger partial charge in [0.1, 0.15) is 73.2 Å². The number of unbranched alkanes of at least 4 members (excludes halogenated alkanes) is 39. The summed E-state index contributed by atoms with van der Waals surface area (Å²) in [6.45, 7) is 1.74. The van der Waals surface area contributed by atoms with E-state index < -0.39 is 124 Å². The Morgan fingerprint density at radius 3 is 1.08 bits per heavy atom. The lowest BCUT2D eigenvalue weighted by Crippen LogP contribution is -2.66. The van der Waals surface area contributed by atoms with Crippen molar-refractivity contribution in [2.45, 2.75) is 401 Å². The van der Waals surface area contributed by atoms with Crippen LogP contribution in [0.15, 0.2) is 36.5 Å². The van der Waals surface area contributed by atoms with Crippen molar-refractivity contribution in [3.8, 4) is 0 Å². The van der Waals surface area contributed by atoms with Crippen molar-refractivity contribution in [3.05, 3.63) is 36.5 Å². The van der Waals surface area contributed by atoms with Crippen molar-refractivity contribution >= 4 is 5.91 Å². The molecule has 17 atom stereocenters. The monoisotopic (exact) mass is 1330 g/mol. The molecule has 19 nitrogen and oxygen atoms in total. The first-order valence-corrected chi connectivity index (χ1v) is 37.7. The molecule has 0 spiro atoms. The van der Waals surface area contributed by atoms with Crippen LogP contribution in [0.2, 0.25) is 0 Å². The number of hydrogen-bond acceptors (Lipinski definition) is 18. The maximum Gasteiger partial charge on any atom is 0.220 e. The van der Waals surface area contributed by atoms with Gasteiger partial charge in [-0.1, -0.05) is 281 Å². The van der Waals surface area contributed by atoms with Crippen molar-refractivity contribution in [2.24, 2.45) is 0 Å². The maximum atomic E-state index is 13.4. The molecule has 3 saturated heterocycles. The van der Waals surface area contributed by atoms with Gasteiger partial charge in [0.15, 0.2) is 18.9 Å². The number of nitrogens with one attached hydrogen (secondary N) is 1. The standard InChI is InChI=1S/C74H137NO18/c1-3-5-7-9-11-13-15-17-19-20-21-22-23-24-25-26-27-28-29-30-31-32-33-34-35-36-38-39-41-43-45-47-49-51-58(79)57(75-62(80)52-50-48-46-44-42-40-37-18-16-14-12-10-8-6-4-2)56-88-72-68(86)65(83)70(60(54-77)90-72)93-74-69(87)66(84)71(61(55-78)91-74)92-73-67(85)64(82)63(81)59(53-76)89-73/h35-36,41,43,49,51,57-61,63-74,76-79,81-87H,3-34,37-40,42,44-48,50,52-56H2,1-2H3,(H,75,80)/b36-35+,43-41+,51-49+. The Labute approximate surface area is 561 Å². The lowest BCUT2D eigenvalue weighted by molar-refractivity contribution is -0.379. The summed E-state index contributed by atoms with van der Waals surface area (Å²) in [4.78, 5) is 13.4. The van der Waals surface area contributed by atoms with Gasteiger partial charge in [-0.3, -0.25) is 4.79 Å². The molecule has 93 heavy (non-hydrogen) atoms. The first-order valence-electron chi connectivity index (χ1n) is 37.7. The first-order chi connectivity index (χ1) is 45.3. The Morgan fingerprint density at radius 1 is 0.376 bits per heavy atom. The van der Waals surface area contributed by atoms with E-state index in [1.165, 1.54) is 218 Å². The molecule has 0 aromatic heterocycles. The predicted molar refractivity (Wildman–Crippen MR) is 365 cm³/mol. The number of amides is 1. The van der Waals surface area contributed by atoms with Gasteiger partial charge in [0, 0.05) is 6.42 Å². The Bertz CT molecular complexity index is 1830. The van der Waals surface area contributed by atoms with Crippen LogP contribution < -0.4 is 5.32 Å². The third-order valence-corrected chi connectivity index (χ3v) is 18.9. The molecule has 546 valence electrons. The fourth-order valence-corrected chi connectivity index (χ4v) is 12.8. The molecule has 3 rings (SSSR count). The smallest absolute Gasteiger partial charge is 0.220 e. The van der Waals surface area contributed by atoms with Crippen LogP contribution in [0.4, 0.5) is 0 Å². The largest absolute Gasteiger partial charge is 0.394 e. The molecule has 0 bridgehead atoms. The topological polar surface area (TPSA) is 307 Å². The molecule has 1 amide bonds. The summed E-state index contributed by atoms with van der Waals surface area (Å²) < 4.78 is 34.3. The third-order valence-electron chi connectivity index (χ3n) is 18.9. The molecule has 3 heterocycles. The fraction of sp³-hybridized carbons (Fsp3) is 0.905. The second-order valence-electron chi connectivity index (χ2n) is 27.1. The minimum atomic E-state index is -1.98. The molecule has 3 fully saturated rings. The Kier molecular flexibility index (Phi) is 51.2. The summed E-state index contributed by atoms with van der Waals surface area (Å²) in [5.74, 6) is -0.286. The molecule has 3 aliphatic heterocycles. The van der Waals surface area contributed by atoms with E-state index in [1.807, 2.05) is 6.08 Å². The summed E-state index contributed by atoms with van der Waals surface area (Å²) in [6, 6.07) is -0.994. The van der Waals surface area contributed by atoms with Gasteiger partial charge in [-0.2, -0.15) is 0 Å². The van der Waals surface area contributed by atoms with Crippen LogP contribution in [0, 0.1) is 0 Å². The van der Waals surface area contributed by atoms with Gasteiger partial charge < -0.3 is 89.9 Å². The SMILES string of the molecule is CCCCCCCCCCCCCCCCCCCCCCCCC/C=C/CC/C=C/CC/C=C/C(O)C(COC1OC(CO)C(OC2OC(CO)C(OC3OC(CO)C(O)C(O)C3O)C(O)C2O)C(O)C1O)NC(=O)CCCCCCCCCCCCCCCCC. The van der Waals surface area contributed by atoms with E-state index in [4.69, 9.17) is 28.4 Å². The van der Waals surface area contributed by atoms with Crippen LogP contribution in [0.1, 0.15) is 296 Å². The van der Waals surface area contributed by atoms with Crippen molar-refractivity contribution in [1.29, 1.82) is 0 Å². The molecule has 0 saturated carbocycles. The van der Waals surface area contributed by atoms with Crippen molar-refractivity contribution in [1.82, 2.24) is 5.32 Å². The van der Waals surface area contributed by atoms with Gasteiger partial charge in [0.05, 0.1) is 38.6 Å². The van der Waals surface area contributed by atoms with E-state index in [0.29, 0.717) is 12.8 Å². The van der Waals surface area contributed by atoms with Crippen LogP contribution in [-0.2, 0) is 33.2 Å². The number of aliphatic hydroxyl groups excluding tert-OH is 11. The Balaban J connectivity index is 1.39.